The third-order valence-electron chi connectivity index (χ3n) is 3.96. The summed E-state index contributed by atoms with van der Waals surface area (Å²) in [4.78, 5) is 4.95. The fraction of sp³-hybridized carbons (Fsp3) is 0.750. The quantitative estimate of drug-likeness (QED) is 0.916. The molecule has 20 heavy (non-hydrogen) atoms. The summed E-state index contributed by atoms with van der Waals surface area (Å²) < 4.78 is 5.66. The van der Waals surface area contributed by atoms with Crippen LogP contribution in [0.4, 0.5) is 0 Å². The Morgan fingerprint density at radius 1 is 1.35 bits per heavy atom. The molecule has 1 saturated heterocycles. The van der Waals surface area contributed by atoms with Gasteiger partial charge in [0.2, 0.25) is 0 Å². The first-order valence-electron chi connectivity index (χ1n) is 7.58. The highest BCUT2D eigenvalue weighted by Gasteiger charge is 2.23. The van der Waals surface area contributed by atoms with Crippen molar-refractivity contribution in [2.75, 3.05) is 26.7 Å². The molecule has 1 aliphatic heterocycles. The van der Waals surface area contributed by atoms with Gasteiger partial charge in [0.15, 0.2) is 0 Å². The fourth-order valence-electron chi connectivity index (χ4n) is 2.64. The molecule has 2 rings (SSSR count). The monoisotopic (exact) mass is 279 g/mol. The van der Waals surface area contributed by atoms with E-state index in [1.165, 1.54) is 5.56 Å². The summed E-state index contributed by atoms with van der Waals surface area (Å²) in [5, 5.41) is 3.50. The van der Waals surface area contributed by atoms with Crippen molar-refractivity contribution in [2.24, 2.45) is 0 Å². The number of nitrogens with zero attached hydrogens (tertiary/aromatic N) is 2. The van der Waals surface area contributed by atoms with E-state index in [2.05, 4.69) is 55.9 Å². The molecule has 1 aromatic heterocycles. The van der Waals surface area contributed by atoms with Gasteiger partial charge in [-0.15, -0.1) is 0 Å². The van der Waals surface area contributed by atoms with Crippen LogP contribution in [0, 0.1) is 0 Å². The van der Waals surface area contributed by atoms with E-state index in [1.807, 2.05) is 6.26 Å². The molecular formula is C16H29N3O. The maximum Gasteiger partial charge on any atom is 0.122 e. The number of hydrogen-bond donors (Lipinski definition) is 1. The molecule has 0 radical (unpaired) electrons. The SMILES string of the molecule is CC1CN(C)CCN1Cc1ccoc1CNC(C)(C)C. The molecular weight excluding hydrogens is 250 g/mol. The first-order valence-corrected chi connectivity index (χ1v) is 7.58. The highest BCUT2D eigenvalue weighted by Crippen LogP contribution is 2.18. The number of likely N-dealkylation sites (N-methyl/N-ethyl adjacent to an activating group) is 1. The molecule has 1 fully saturated rings. The Labute approximate surface area is 123 Å². The zero-order chi connectivity index (χ0) is 14.8. The normalized spacial score (nSPS) is 22.4. The van der Waals surface area contributed by atoms with E-state index >= 15 is 0 Å². The number of nitrogens with one attached hydrogen (secondary N) is 1. The summed E-state index contributed by atoms with van der Waals surface area (Å²) in [5.41, 5.74) is 1.43. The van der Waals surface area contributed by atoms with E-state index in [0.717, 1.165) is 38.5 Å². The topological polar surface area (TPSA) is 31.6 Å². The standard InChI is InChI=1S/C16H29N3O/c1-13-11-18(5)7-8-19(13)12-14-6-9-20-15(14)10-17-16(2,3)4/h6,9,13,17H,7-8,10-12H2,1-5H3. The molecule has 0 amide bonds. The van der Waals surface area contributed by atoms with Crippen LogP contribution in [0.3, 0.4) is 0 Å². The summed E-state index contributed by atoms with van der Waals surface area (Å²) in [6.45, 7) is 14.1. The smallest absolute Gasteiger partial charge is 0.122 e. The van der Waals surface area contributed by atoms with E-state index in [-0.39, 0.29) is 5.54 Å². The van der Waals surface area contributed by atoms with Gasteiger partial charge < -0.3 is 14.6 Å². The fourth-order valence-corrected chi connectivity index (χ4v) is 2.64. The maximum absolute atomic E-state index is 5.66. The summed E-state index contributed by atoms with van der Waals surface area (Å²) in [6.07, 6.45) is 1.82. The highest BCUT2D eigenvalue weighted by molar-refractivity contribution is 5.17. The van der Waals surface area contributed by atoms with Crippen molar-refractivity contribution in [1.29, 1.82) is 0 Å². The van der Waals surface area contributed by atoms with E-state index < -0.39 is 0 Å². The molecule has 4 nitrogen and oxygen atoms in total. The van der Waals surface area contributed by atoms with Crippen LogP contribution in [-0.4, -0.2) is 48.1 Å². The Balaban J connectivity index is 1.95. The molecule has 0 aliphatic carbocycles. The molecule has 1 unspecified atom stereocenters. The van der Waals surface area contributed by atoms with Gasteiger partial charge in [0, 0.05) is 43.3 Å². The zero-order valence-electron chi connectivity index (χ0n) is 13.6. The average Bonchev–Trinajstić information content (AvgIpc) is 2.77. The van der Waals surface area contributed by atoms with Gasteiger partial charge in [-0.3, -0.25) is 4.90 Å². The lowest BCUT2D eigenvalue weighted by Gasteiger charge is -2.38. The van der Waals surface area contributed by atoms with Crippen molar-refractivity contribution in [3.63, 3.8) is 0 Å². The van der Waals surface area contributed by atoms with Crippen LogP contribution in [0.1, 0.15) is 39.0 Å². The summed E-state index contributed by atoms with van der Waals surface area (Å²) in [5.74, 6) is 1.08. The number of piperazine rings is 1. The van der Waals surface area contributed by atoms with Gasteiger partial charge in [-0.25, -0.2) is 0 Å². The van der Waals surface area contributed by atoms with Crippen molar-refractivity contribution in [2.45, 2.75) is 52.4 Å². The van der Waals surface area contributed by atoms with Crippen molar-refractivity contribution in [3.8, 4) is 0 Å². The Kier molecular flexibility index (Phi) is 4.89. The minimum absolute atomic E-state index is 0.116. The molecule has 4 heteroatoms. The molecule has 1 aliphatic rings. The second-order valence-electron chi connectivity index (χ2n) is 7.05. The highest BCUT2D eigenvalue weighted by atomic mass is 16.3. The lowest BCUT2D eigenvalue weighted by Crippen LogP contribution is -2.49. The summed E-state index contributed by atoms with van der Waals surface area (Å²) in [7, 11) is 2.20. The van der Waals surface area contributed by atoms with Crippen LogP contribution < -0.4 is 5.32 Å². The van der Waals surface area contributed by atoms with Gasteiger partial charge >= 0.3 is 0 Å². The predicted octanol–water partition coefficient (Wildman–Crippen LogP) is 2.30. The zero-order valence-corrected chi connectivity index (χ0v) is 13.6. The Hall–Kier alpha value is -0.840. The van der Waals surface area contributed by atoms with Crippen molar-refractivity contribution >= 4 is 0 Å². The molecule has 114 valence electrons. The van der Waals surface area contributed by atoms with Gasteiger partial charge in [-0.05, 0) is 40.8 Å². The van der Waals surface area contributed by atoms with Gasteiger partial charge in [0.05, 0.1) is 12.8 Å². The average molecular weight is 279 g/mol. The Bertz CT molecular complexity index is 422. The Morgan fingerprint density at radius 3 is 2.75 bits per heavy atom. The molecule has 0 bridgehead atoms. The molecule has 2 heterocycles. The number of furan rings is 1. The minimum atomic E-state index is 0.116. The third-order valence-corrected chi connectivity index (χ3v) is 3.96. The van der Waals surface area contributed by atoms with Gasteiger partial charge in [0.1, 0.15) is 5.76 Å². The Morgan fingerprint density at radius 2 is 2.10 bits per heavy atom. The number of hydrogen-bond acceptors (Lipinski definition) is 4. The van der Waals surface area contributed by atoms with Crippen LogP contribution in [0.15, 0.2) is 16.7 Å². The van der Waals surface area contributed by atoms with E-state index in [9.17, 15) is 0 Å². The maximum atomic E-state index is 5.66. The molecule has 0 spiro atoms. The predicted molar refractivity (Wildman–Crippen MR) is 82.7 cm³/mol. The van der Waals surface area contributed by atoms with E-state index in [0.29, 0.717) is 6.04 Å². The lowest BCUT2D eigenvalue weighted by molar-refractivity contribution is 0.0932. The first kappa shape index (κ1) is 15.5. The van der Waals surface area contributed by atoms with Crippen LogP contribution in [0.5, 0.6) is 0 Å². The van der Waals surface area contributed by atoms with Crippen LogP contribution in [0.25, 0.3) is 0 Å². The van der Waals surface area contributed by atoms with E-state index in [4.69, 9.17) is 4.42 Å². The van der Waals surface area contributed by atoms with Crippen molar-refractivity contribution < 1.29 is 4.42 Å². The third kappa shape index (κ3) is 4.33. The lowest BCUT2D eigenvalue weighted by atomic mass is 10.1. The van der Waals surface area contributed by atoms with Crippen LogP contribution in [-0.2, 0) is 13.1 Å². The summed E-state index contributed by atoms with van der Waals surface area (Å²) in [6, 6.07) is 2.72. The minimum Gasteiger partial charge on any atom is -0.468 e. The molecule has 0 saturated carbocycles. The van der Waals surface area contributed by atoms with Gasteiger partial charge in [0.25, 0.3) is 0 Å². The molecule has 1 N–H and O–H groups in total. The van der Waals surface area contributed by atoms with Crippen LogP contribution >= 0.6 is 0 Å². The van der Waals surface area contributed by atoms with E-state index in [1.54, 1.807) is 0 Å². The van der Waals surface area contributed by atoms with Gasteiger partial charge in [-0.2, -0.15) is 0 Å². The second-order valence-corrected chi connectivity index (χ2v) is 7.05. The summed E-state index contributed by atoms with van der Waals surface area (Å²) >= 11 is 0. The van der Waals surface area contributed by atoms with Gasteiger partial charge in [-0.1, -0.05) is 0 Å². The number of rotatable bonds is 4. The van der Waals surface area contributed by atoms with Crippen molar-refractivity contribution in [3.05, 3.63) is 23.7 Å². The molecule has 0 aromatic carbocycles. The van der Waals surface area contributed by atoms with Crippen molar-refractivity contribution in [1.82, 2.24) is 15.1 Å². The largest absolute Gasteiger partial charge is 0.468 e. The second kappa shape index (κ2) is 6.29. The van der Waals surface area contributed by atoms with Crippen LogP contribution in [0.2, 0.25) is 0 Å². The molecule has 1 aromatic rings. The first-order chi connectivity index (χ1) is 9.35. The molecule has 1 atom stereocenters.